The van der Waals surface area contributed by atoms with Crippen LogP contribution in [-0.4, -0.2) is 34.6 Å². The minimum absolute atomic E-state index is 0.0529. The molecule has 0 radical (unpaired) electrons. The van der Waals surface area contributed by atoms with Gasteiger partial charge in [0.25, 0.3) is 0 Å². The molecule has 2 aromatic rings. The van der Waals surface area contributed by atoms with E-state index in [2.05, 4.69) is 4.98 Å². The number of pyridine rings is 1. The van der Waals surface area contributed by atoms with Gasteiger partial charge in [-0.25, -0.2) is 0 Å². The number of fused-ring (bicyclic) bond motifs is 1. The van der Waals surface area contributed by atoms with Crippen molar-refractivity contribution < 1.29 is 18.0 Å². The second kappa shape index (κ2) is 6.89. The molecule has 1 aliphatic carbocycles. The van der Waals surface area contributed by atoms with Crippen LogP contribution >= 0.6 is 0 Å². The number of halogens is 3. The average molecular weight is 364 g/mol. The van der Waals surface area contributed by atoms with Crippen LogP contribution in [0.3, 0.4) is 0 Å². The highest BCUT2D eigenvalue weighted by Gasteiger charge is 2.40. The fraction of sp³-hybridized carbons (Fsp3) is 0.500. The normalized spacial score (nSPS) is 15.9. The third kappa shape index (κ3) is 4.00. The van der Waals surface area contributed by atoms with Crippen molar-refractivity contribution in [3.8, 4) is 0 Å². The SMILES string of the molecule is Cc1nc2ccccc2c(C)c1CC(=O)N(CC(F)(F)F)[C@@H](C)C1CC1. The van der Waals surface area contributed by atoms with E-state index >= 15 is 0 Å². The summed E-state index contributed by atoms with van der Waals surface area (Å²) in [5.41, 5.74) is 3.16. The molecule has 6 heteroatoms. The second-order valence-corrected chi connectivity index (χ2v) is 7.21. The molecule has 0 aliphatic heterocycles. The highest BCUT2D eigenvalue weighted by atomic mass is 19.4. The summed E-state index contributed by atoms with van der Waals surface area (Å²) in [6.45, 7) is 4.24. The van der Waals surface area contributed by atoms with Gasteiger partial charge in [0, 0.05) is 17.1 Å². The van der Waals surface area contributed by atoms with Gasteiger partial charge in [-0.3, -0.25) is 9.78 Å². The number of para-hydroxylation sites is 1. The Bertz CT molecular complexity index is 828. The lowest BCUT2D eigenvalue weighted by Crippen LogP contribution is -2.46. The minimum Gasteiger partial charge on any atom is -0.330 e. The van der Waals surface area contributed by atoms with E-state index in [4.69, 9.17) is 0 Å². The Morgan fingerprint density at radius 1 is 1.27 bits per heavy atom. The fourth-order valence-electron chi connectivity index (χ4n) is 3.57. The molecule has 1 atom stereocenters. The van der Waals surface area contributed by atoms with Crippen molar-refractivity contribution in [1.29, 1.82) is 0 Å². The van der Waals surface area contributed by atoms with Gasteiger partial charge in [-0.15, -0.1) is 0 Å². The van der Waals surface area contributed by atoms with Gasteiger partial charge in [-0.1, -0.05) is 18.2 Å². The van der Waals surface area contributed by atoms with Gasteiger partial charge in [-0.2, -0.15) is 13.2 Å². The number of nitrogens with zero attached hydrogens (tertiary/aromatic N) is 2. The maximum atomic E-state index is 13.0. The molecule has 0 spiro atoms. The van der Waals surface area contributed by atoms with E-state index in [9.17, 15) is 18.0 Å². The monoisotopic (exact) mass is 364 g/mol. The summed E-state index contributed by atoms with van der Waals surface area (Å²) in [4.78, 5) is 18.3. The molecule has 1 aliphatic rings. The third-order valence-corrected chi connectivity index (χ3v) is 5.28. The molecule has 0 unspecified atom stereocenters. The van der Waals surface area contributed by atoms with Gasteiger partial charge in [-0.05, 0) is 56.7 Å². The topological polar surface area (TPSA) is 33.2 Å². The van der Waals surface area contributed by atoms with E-state index in [1.807, 2.05) is 31.2 Å². The first-order valence-electron chi connectivity index (χ1n) is 8.88. The standard InChI is InChI=1S/C20H23F3N2O/c1-12-16-6-4-5-7-18(16)24-13(2)17(12)10-19(26)25(11-20(21,22)23)14(3)15-8-9-15/h4-7,14-15H,8-11H2,1-3H3/t14-/m0/s1. The average Bonchev–Trinajstić information content (AvgIpc) is 3.40. The molecule has 140 valence electrons. The summed E-state index contributed by atoms with van der Waals surface area (Å²) in [5, 5.41) is 0.929. The van der Waals surface area contributed by atoms with E-state index in [1.165, 1.54) is 0 Å². The Hall–Kier alpha value is -2.11. The lowest BCUT2D eigenvalue weighted by Gasteiger charge is -2.30. The van der Waals surface area contributed by atoms with Crippen molar-refractivity contribution in [3.63, 3.8) is 0 Å². The smallest absolute Gasteiger partial charge is 0.330 e. The van der Waals surface area contributed by atoms with E-state index in [0.29, 0.717) is 5.69 Å². The van der Waals surface area contributed by atoms with Gasteiger partial charge in [0.2, 0.25) is 5.91 Å². The Morgan fingerprint density at radius 3 is 2.54 bits per heavy atom. The summed E-state index contributed by atoms with van der Waals surface area (Å²) in [6, 6.07) is 7.21. The van der Waals surface area contributed by atoms with Crippen LogP contribution in [0, 0.1) is 19.8 Å². The van der Waals surface area contributed by atoms with Crippen molar-refractivity contribution in [2.75, 3.05) is 6.54 Å². The summed E-state index contributed by atoms with van der Waals surface area (Å²) in [7, 11) is 0. The molecule has 1 fully saturated rings. The summed E-state index contributed by atoms with van der Waals surface area (Å²) in [6.07, 6.45) is -2.68. The van der Waals surface area contributed by atoms with Crippen molar-refractivity contribution >= 4 is 16.8 Å². The number of hydrogen-bond donors (Lipinski definition) is 0. The first-order chi connectivity index (χ1) is 12.2. The summed E-state index contributed by atoms with van der Waals surface area (Å²) < 4.78 is 39.0. The maximum Gasteiger partial charge on any atom is 0.406 e. The molecule has 1 heterocycles. The minimum atomic E-state index is -4.40. The lowest BCUT2D eigenvalue weighted by atomic mass is 9.98. The Labute approximate surface area is 151 Å². The summed E-state index contributed by atoms with van der Waals surface area (Å²) >= 11 is 0. The molecule has 0 N–H and O–H groups in total. The number of hydrogen-bond acceptors (Lipinski definition) is 2. The predicted octanol–water partition coefficient (Wildman–Crippen LogP) is 4.58. The van der Waals surface area contributed by atoms with E-state index in [0.717, 1.165) is 39.8 Å². The number of carbonyl (C=O) groups excluding carboxylic acids is 1. The molecule has 1 aromatic carbocycles. The second-order valence-electron chi connectivity index (χ2n) is 7.21. The Balaban J connectivity index is 1.90. The first kappa shape index (κ1) is 18.7. The van der Waals surface area contributed by atoms with Gasteiger partial charge < -0.3 is 4.90 Å². The van der Waals surface area contributed by atoms with Gasteiger partial charge in [0.15, 0.2) is 0 Å². The van der Waals surface area contributed by atoms with Crippen molar-refractivity contribution in [3.05, 3.63) is 41.1 Å². The zero-order valence-electron chi connectivity index (χ0n) is 15.2. The van der Waals surface area contributed by atoms with E-state index in [1.54, 1.807) is 13.8 Å². The van der Waals surface area contributed by atoms with Gasteiger partial charge in [0.05, 0.1) is 11.9 Å². The van der Waals surface area contributed by atoms with Crippen LogP contribution in [0.4, 0.5) is 13.2 Å². The molecular formula is C20H23F3N2O. The van der Waals surface area contributed by atoms with Crippen LogP contribution in [-0.2, 0) is 11.2 Å². The zero-order chi connectivity index (χ0) is 19.1. The fourth-order valence-corrected chi connectivity index (χ4v) is 3.57. The molecule has 3 nitrogen and oxygen atoms in total. The molecule has 26 heavy (non-hydrogen) atoms. The molecule has 1 saturated carbocycles. The van der Waals surface area contributed by atoms with E-state index in [-0.39, 0.29) is 12.3 Å². The quantitative estimate of drug-likeness (QED) is 0.778. The van der Waals surface area contributed by atoms with Crippen LogP contribution in [0.2, 0.25) is 0 Å². The third-order valence-electron chi connectivity index (χ3n) is 5.28. The number of aryl methyl sites for hydroxylation is 2. The molecule has 3 rings (SSSR count). The van der Waals surface area contributed by atoms with Gasteiger partial charge in [0.1, 0.15) is 6.54 Å². The molecule has 1 aromatic heterocycles. The van der Waals surface area contributed by atoms with Crippen LogP contribution in [0.5, 0.6) is 0 Å². The Morgan fingerprint density at radius 2 is 1.92 bits per heavy atom. The van der Waals surface area contributed by atoms with E-state index < -0.39 is 24.7 Å². The number of aromatic nitrogens is 1. The number of rotatable bonds is 5. The maximum absolute atomic E-state index is 13.0. The number of carbonyl (C=O) groups is 1. The zero-order valence-corrected chi connectivity index (χ0v) is 15.2. The summed E-state index contributed by atoms with van der Waals surface area (Å²) in [5.74, 6) is -0.303. The van der Waals surface area contributed by atoms with Crippen molar-refractivity contribution in [1.82, 2.24) is 9.88 Å². The highest BCUT2D eigenvalue weighted by molar-refractivity contribution is 5.86. The highest BCUT2D eigenvalue weighted by Crippen LogP contribution is 2.36. The van der Waals surface area contributed by atoms with Crippen LogP contribution in [0.1, 0.15) is 36.6 Å². The number of benzene rings is 1. The molecule has 0 saturated heterocycles. The predicted molar refractivity (Wildman–Crippen MR) is 94.9 cm³/mol. The molecule has 0 bridgehead atoms. The van der Waals surface area contributed by atoms with Crippen LogP contribution < -0.4 is 0 Å². The van der Waals surface area contributed by atoms with Gasteiger partial charge >= 0.3 is 6.18 Å². The largest absolute Gasteiger partial charge is 0.406 e. The molecule has 1 amide bonds. The van der Waals surface area contributed by atoms with Crippen molar-refractivity contribution in [2.45, 2.75) is 52.3 Å². The first-order valence-corrected chi connectivity index (χ1v) is 8.88. The van der Waals surface area contributed by atoms with Crippen LogP contribution in [0.25, 0.3) is 10.9 Å². The molecular weight excluding hydrogens is 341 g/mol. The Kier molecular flexibility index (Phi) is 4.95. The lowest BCUT2D eigenvalue weighted by molar-refractivity contribution is -0.165. The number of alkyl halides is 3. The van der Waals surface area contributed by atoms with Crippen LogP contribution in [0.15, 0.2) is 24.3 Å². The van der Waals surface area contributed by atoms with Crippen molar-refractivity contribution in [2.24, 2.45) is 5.92 Å². The number of amides is 1.